The quantitative estimate of drug-likeness (QED) is 0.488. The SMILES string of the molecule is C[C@@H](Oc1ccccc1Sc1cc(-n2c(=O)cc(C(F)(F)F)n(C)c2=O)c(F)cc1Cl)C(=O)O. The summed E-state index contributed by atoms with van der Waals surface area (Å²) in [5.74, 6) is -2.15. The molecule has 0 aliphatic carbocycles. The van der Waals surface area contributed by atoms with Crippen LogP contribution in [0, 0.1) is 5.82 Å². The zero-order chi connectivity index (χ0) is 25.4. The minimum atomic E-state index is -4.97. The van der Waals surface area contributed by atoms with Crippen molar-refractivity contribution in [2.45, 2.75) is 29.0 Å². The van der Waals surface area contributed by atoms with E-state index in [4.69, 9.17) is 21.4 Å². The fraction of sp³-hybridized carbons (Fsp3) is 0.190. The first-order valence-corrected chi connectivity index (χ1v) is 10.6. The zero-order valence-corrected chi connectivity index (χ0v) is 19.0. The van der Waals surface area contributed by atoms with E-state index in [1.807, 2.05) is 0 Å². The second kappa shape index (κ2) is 9.55. The average molecular weight is 519 g/mol. The average Bonchev–Trinajstić information content (AvgIpc) is 2.74. The molecule has 0 saturated heterocycles. The second-order valence-corrected chi connectivity index (χ2v) is 8.41. The lowest BCUT2D eigenvalue weighted by Crippen LogP contribution is -2.41. The summed E-state index contributed by atoms with van der Waals surface area (Å²) < 4.78 is 59.9. The molecule has 2 aromatic carbocycles. The molecule has 3 aromatic rings. The number of halogens is 5. The van der Waals surface area contributed by atoms with Crippen LogP contribution < -0.4 is 16.0 Å². The van der Waals surface area contributed by atoms with E-state index in [2.05, 4.69) is 0 Å². The molecule has 180 valence electrons. The van der Waals surface area contributed by atoms with Crippen LogP contribution in [0.2, 0.25) is 5.02 Å². The number of aliphatic carboxylic acids is 1. The lowest BCUT2D eigenvalue weighted by atomic mass is 10.3. The molecule has 13 heteroatoms. The zero-order valence-electron chi connectivity index (χ0n) is 17.4. The van der Waals surface area contributed by atoms with E-state index in [0.29, 0.717) is 4.90 Å². The number of para-hydroxylation sites is 1. The molecule has 0 aliphatic heterocycles. The number of hydrogen-bond donors (Lipinski definition) is 1. The van der Waals surface area contributed by atoms with E-state index in [-0.39, 0.29) is 30.9 Å². The van der Waals surface area contributed by atoms with Crippen LogP contribution in [0.4, 0.5) is 17.6 Å². The lowest BCUT2D eigenvalue weighted by Gasteiger charge is -2.16. The Hall–Kier alpha value is -3.25. The number of rotatable bonds is 6. The molecule has 3 rings (SSSR count). The van der Waals surface area contributed by atoms with Crippen molar-refractivity contribution in [3.63, 3.8) is 0 Å². The van der Waals surface area contributed by atoms with E-state index in [9.17, 15) is 31.9 Å². The van der Waals surface area contributed by atoms with Crippen molar-refractivity contribution < 1.29 is 32.2 Å². The van der Waals surface area contributed by atoms with Crippen LogP contribution in [0.1, 0.15) is 12.6 Å². The highest BCUT2D eigenvalue weighted by Crippen LogP contribution is 2.40. The largest absolute Gasteiger partial charge is 0.479 e. The van der Waals surface area contributed by atoms with Gasteiger partial charge in [0.05, 0.1) is 15.6 Å². The highest BCUT2D eigenvalue weighted by atomic mass is 35.5. The molecular formula is C21H15ClF4N2O5S. The molecule has 0 saturated carbocycles. The number of nitrogens with zero attached hydrogens (tertiary/aromatic N) is 2. The molecule has 1 N–H and O–H groups in total. The smallest absolute Gasteiger partial charge is 0.431 e. The van der Waals surface area contributed by atoms with E-state index >= 15 is 0 Å². The molecule has 0 fully saturated rings. The fourth-order valence-corrected chi connectivity index (χ4v) is 4.07. The summed E-state index contributed by atoms with van der Waals surface area (Å²) in [6, 6.07) is 8.32. The molecule has 1 heterocycles. The Bertz CT molecular complexity index is 1390. The van der Waals surface area contributed by atoms with Gasteiger partial charge < -0.3 is 9.84 Å². The van der Waals surface area contributed by atoms with Crippen LogP contribution in [0.25, 0.3) is 5.69 Å². The summed E-state index contributed by atoms with van der Waals surface area (Å²) in [6.07, 6.45) is -6.16. The summed E-state index contributed by atoms with van der Waals surface area (Å²) in [4.78, 5) is 36.5. The Labute approximate surface area is 198 Å². The van der Waals surface area contributed by atoms with Gasteiger partial charge >= 0.3 is 17.8 Å². The normalized spacial score (nSPS) is 12.4. The maximum atomic E-state index is 14.7. The van der Waals surface area contributed by atoms with Crippen LogP contribution in [-0.2, 0) is 18.0 Å². The molecule has 1 aromatic heterocycles. The number of carbonyl (C=O) groups is 1. The van der Waals surface area contributed by atoms with Gasteiger partial charge in [0.1, 0.15) is 17.3 Å². The van der Waals surface area contributed by atoms with E-state index in [1.54, 1.807) is 18.2 Å². The van der Waals surface area contributed by atoms with E-state index in [1.165, 1.54) is 13.0 Å². The van der Waals surface area contributed by atoms with Crippen LogP contribution in [0.15, 0.2) is 61.8 Å². The topological polar surface area (TPSA) is 90.5 Å². The van der Waals surface area contributed by atoms with Crippen LogP contribution in [0.3, 0.4) is 0 Å². The molecule has 0 radical (unpaired) electrons. The van der Waals surface area contributed by atoms with Crippen molar-refractivity contribution >= 4 is 29.3 Å². The number of carboxylic acid groups (broad SMARTS) is 1. The van der Waals surface area contributed by atoms with Gasteiger partial charge in [0.15, 0.2) is 6.10 Å². The van der Waals surface area contributed by atoms with Crippen molar-refractivity contribution in [3.05, 3.63) is 79.8 Å². The van der Waals surface area contributed by atoms with Crippen molar-refractivity contribution in [3.8, 4) is 11.4 Å². The first-order valence-electron chi connectivity index (χ1n) is 9.37. The number of carboxylic acids is 1. The van der Waals surface area contributed by atoms with Crippen molar-refractivity contribution in [1.82, 2.24) is 9.13 Å². The Balaban J connectivity index is 2.12. The van der Waals surface area contributed by atoms with Gasteiger partial charge in [0.2, 0.25) is 0 Å². The first-order chi connectivity index (χ1) is 15.8. The van der Waals surface area contributed by atoms with Gasteiger partial charge in [-0.25, -0.2) is 18.5 Å². The van der Waals surface area contributed by atoms with Gasteiger partial charge in [-0.15, -0.1) is 0 Å². The Kier molecular flexibility index (Phi) is 7.13. The molecular weight excluding hydrogens is 504 g/mol. The summed E-state index contributed by atoms with van der Waals surface area (Å²) in [5, 5.41) is 8.96. The maximum absolute atomic E-state index is 14.7. The predicted molar refractivity (Wildman–Crippen MR) is 116 cm³/mol. The standard InChI is InChI=1S/C21H15ClF4N2O5S/c1-10(19(30)31)33-14-5-3-4-6-15(14)34-16-8-13(12(23)7-11(16)22)28-18(29)9-17(21(24,25)26)27(2)20(28)32/h3-10H,1-2H3,(H,30,31)/t10-/m1/s1. The van der Waals surface area contributed by atoms with Gasteiger partial charge in [0.25, 0.3) is 5.56 Å². The second-order valence-electron chi connectivity index (χ2n) is 6.92. The summed E-state index contributed by atoms with van der Waals surface area (Å²) in [5.41, 5.74) is -4.88. The molecule has 0 spiro atoms. The highest BCUT2D eigenvalue weighted by molar-refractivity contribution is 7.99. The van der Waals surface area contributed by atoms with Crippen LogP contribution in [0.5, 0.6) is 5.75 Å². The Morgan fingerprint density at radius 1 is 1.15 bits per heavy atom. The van der Waals surface area contributed by atoms with Gasteiger partial charge in [0, 0.05) is 18.0 Å². The van der Waals surface area contributed by atoms with Gasteiger partial charge in [-0.05, 0) is 31.2 Å². The van der Waals surface area contributed by atoms with Gasteiger partial charge in [-0.1, -0.05) is 35.5 Å². The van der Waals surface area contributed by atoms with Gasteiger partial charge in [-0.2, -0.15) is 13.2 Å². The molecule has 7 nitrogen and oxygen atoms in total. The fourth-order valence-electron chi connectivity index (χ4n) is 2.88. The summed E-state index contributed by atoms with van der Waals surface area (Å²) in [6.45, 7) is 1.32. The molecule has 0 bridgehead atoms. The number of benzene rings is 2. The number of hydrogen-bond acceptors (Lipinski definition) is 5. The van der Waals surface area contributed by atoms with E-state index < -0.39 is 46.7 Å². The van der Waals surface area contributed by atoms with Gasteiger partial charge in [-0.3, -0.25) is 9.36 Å². The third-order valence-electron chi connectivity index (χ3n) is 4.57. The Morgan fingerprint density at radius 2 is 1.79 bits per heavy atom. The van der Waals surface area contributed by atoms with Crippen molar-refractivity contribution in [1.29, 1.82) is 0 Å². The number of alkyl halides is 3. The molecule has 0 amide bonds. The van der Waals surface area contributed by atoms with E-state index in [0.717, 1.165) is 30.9 Å². The minimum Gasteiger partial charge on any atom is -0.479 e. The molecule has 0 unspecified atom stereocenters. The third kappa shape index (κ3) is 5.12. The first kappa shape index (κ1) is 25.4. The van der Waals surface area contributed by atoms with Crippen LogP contribution in [-0.4, -0.2) is 26.3 Å². The van der Waals surface area contributed by atoms with Crippen molar-refractivity contribution in [2.75, 3.05) is 0 Å². The Morgan fingerprint density at radius 3 is 2.41 bits per heavy atom. The highest BCUT2D eigenvalue weighted by Gasteiger charge is 2.35. The monoisotopic (exact) mass is 518 g/mol. The molecule has 0 aliphatic rings. The summed E-state index contributed by atoms with van der Waals surface area (Å²) in [7, 11) is 0.807. The number of ether oxygens (including phenoxy) is 1. The summed E-state index contributed by atoms with van der Waals surface area (Å²) >= 11 is 7.04. The molecule has 1 atom stereocenters. The third-order valence-corrected chi connectivity index (χ3v) is 6.11. The molecule has 34 heavy (non-hydrogen) atoms. The minimum absolute atomic E-state index is 0.121. The van der Waals surface area contributed by atoms with Crippen LogP contribution >= 0.6 is 23.4 Å². The maximum Gasteiger partial charge on any atom is 0.431 e. The lowest BCUT2D eigenvalue weighted by molar-refractivity contribution is -0.145. The van der Waals surface area contributed by atoms with Crippen molar-refractivity contribution in [2.24, 2.45) is 7.05 Å². The number of aromatic nitrogens is 2. The predicted octanol–water partition coefficient (Wildman–Crippen LogP) is 4.35.